The van der Waals surface area contributed by atoms with E-state index in [0.717, 1.165) is 11.2 Å². The van der Waals surface area contributed by atoms with E-state index in [1.807, 2.05) is 0 Å². The molecule has 0 aliphatic carbocycles. The van der Waals surface area contributed by atoms with E-state index in [0.29, 0.717) is 15.7 Å². The number of anilines is 1. The number of aliphatic carboxylic acids is 1. The summed E-state index contributed by atoms with van der Waals surface area (Å²) in [6.07, 6.45) is 0.989. The van der Waals surface area contributed by atoms with E-state index in [-0.39, 0.29) is 5.82 Å². The molecule has 0 amide bonds. The first-order valence-electron chi connectivity index (χ1n) is 4.54. The van der Waals surface area contributed by atoms with Crippen LogP contribution >= 0.6 is 0 Å². The number of aromatic nitrogens is 2. The standard InChI is InChI=1S/C8H13FN4O2Si/c1-8(2,6(14)15)13(10)5-4(9)3-11-7(16)12-5/h3H,10H2,1-2,16H3,(H,14,15). The molecule has 0 saturated heterocycles. The molecule has 0 fully saturated rings. The predicted molar refractivity (Wildman–Crippen MR) is 59.9 cm³/mol. The van der Waals surface area contributed by atoms with Crippen molar-refractivity contribution in [3.05, 3.63) is 12.0 Å². The molecule has 0 aliphatic heterocycles. The van der Waals surface area contributed by atoms with Gasteiger partial charge in [0.25, 0.3) is 0 Å². The minimum absolute atomic E-state index is 0.201. The van der Waals surface area contributed by atoms with E-state index in [2.05, 4.69) is 9.97 Å². The number of carboxylic acid groups (broad SMARTS) is 1. The van der Waals surface area contributed by atoms with Crippen LogP contribution in [-0.2, 0) is 4.79 Å². The minimum Gasteiger partial charge on any atom is -0.479 e. The van der Waals surface area contributed by atoms with Gasteiger partial charge in [0.1, 0.15) is 5.54 Å². The number of nitrogens with two attached hydrogens (primary N) is 1. The van der Waals surface area contributed by atoms with Crippen LogP contribution in [0, 0.1) is 5.82 Å². The van der Waals surface area contributed by atoms with Crippen molar-refractivity contribution in [3.8, 4) is 0 Å². The van der Waals surface area contributed by atoms with Crippen molar-refractivity contribution in [1.29, 1.82) is 0 Å². The molecule has 0 unspecified atom stereocenters. The first-order chi connectivity index (χ1) is 7.26. The Kier molecular flexibility index (Phi) is 3.24. The molecule has 1 aromatic rings. The normalized spacial score (nSPS) is 11.5. The molecule has 8 heteroatoms. The van der Waals surface area contributed by atoms with Gasteiger partial charge in [-0.1, -0.05) is 0 Å². The summed E-state index contributed by atoms with van der Waals surface area (Å²) < 4.78 is 13.4. The highest BCUT2D eigenvalue weighted by atomic mass is 28.1. The molecule has 6 nitrogen and oxygen atoms in total. The van der Waals surface area contributed by atoms with Crippen molar-refractivity contribution in [2.75, 3.05) is 5.01 Å². The zero-order chi connectivity index (χ0) is 12.5. The number of nitrogens with zero attached hydrogens (tertiary/aromatic N) is 3. The van der Waals surface area contributed by atoms with Gasteiger partial charge in [-0.2, -0.15) is 0 Å². The van der Waals surface area contributed by atoms with Crippen LogP contribution in [0.4, 0.5) is 10.2 Å². The van der Waals surface area contributed by atoms with Gasteiger partial charge >= 0.3 is 5.97 Å². The van der Waals surface area contributed by atoms with Gasteiger partial charge in [0.05, 0.1) is 21.9 Å². The molecular weight excluding hydrogens is 231 g/mol. The molecule has 3 N–H and O–H groups in total. The monoisotopic (exact) mass is 244 g/mol. The van der Waals surface area contributed by atoms with Crippen molar-refractivity contribution >= 4 is 27.5 Å². The van der Waals surface area contributed by atoms with Gasteiger partial charge in [-0.3, -0.25) is 5.01 Å². The van der Waals surface area contributed by atoms with Crippen molar-refractivity contribution in [2.45, 2.75) is 19.4 Å². The molecule has 0 aromatic carbocycles. The maximum atomic E-state index is 13.4. The summed E-state index contributed by atoms with van der Waals surface area (Å²) in [5.74, 6) is 3.48. The quantitative estimate of drug-likeness (QED) is 0.368. The number of rotatable bonds is 3. The predicted octanol–water partition coefficient (Wildman–Crippen LogP) is -1.85. The van der Waals surface area contributed by atoms with Crippen molar-refractivity contribution in [3.63, 3.8) is 0 Å². The SMILES string of the molecule is CC(C)(C(=O)O)N(N)c1nc([SiH3])ncc1F. The number of hydrogen-bond acceptors (Lipinski definition) is 5. The third kappa shape index (κ3) is 2.17. The highest BCUT2D eigenvalue weighted by Crippen LogP contribution is 2.19. The summed E-state index contributed by atoms with van der Waals surface area (Å²) in [7, 11) is 0.531. The van der Waals surface area contributed by atoms with Gasteiger partial charge in [-0.15, -0.1) is 0 Å². The summed E-state index contributed by atoms with van der Waals surface area (Å²) in [6, 6.07) is 0. The van der Waals surface area contributed by atoms with Crippen molar-refractivity contribution in [1.82, 2.24) is 9.97 Å². The average Bonchev–Trinajstić information content (AvgIpc) is 2.20. The van der Waals surface area contributed by atoms with E-state index < -0.39 is 17.3 Å². The number of carbonyl (C=O) groups is 1. The van der Waals surface area contributed by atoms with Crippen LogP contribution in [-0.4, -0.2) is 36.8 Å². The zero-order valence-corrected chi connectivity index (χ0v) is 11.2. The van der Waals surface area contributed by atoms with Crippen LogP contribution in [0.5, 0.6) is 0 Å². The second kappa shape index (κ2) is 4.14. The van der Waals surface area contributed by atoms with Crippen LogP contribution in [0.3, 0.4) is 0 Å². The second-order valence-corrected chi connectivity index (χ2v) is 4.72. The Balaban J connectivity index is 3.19. The topological polar surface area (TPSA) is 92.3 Å². The fraction of sp³-hybridized carbons (Fsp3) is 0.375. The van der Waals surface area contributed by atoms with Crippen LogP contribution in [0.2, 0.25) is 0 Å². The molecule has 0 saturated carbocycles. The molecule has 0 spiro atoms. The third-order valence-corrected chi connectivity index (χ3v) is 2.68. The van der Waals surface area contributed by atoms with Crippen LogP contribution in [0.15, 0.2) is 6.20 Å². The Hall–Kier alpha value is -1.54. The summed E-state index contributed by atoms with van der Waals surface area (Å²) >= 11 is 0. The molecule has 16 heavy (non-hydrogen) atoms. The molecule has 0 aliphatic rings. The van der Waals surface area contributed by atoms with E-state index in [1.54, 1.807) is 0 Å². The molecule has 0 radical (unpaired) electrons. The Morgan fingerprint density at radius 1 is 1.69 bits per heavy atom. The number of halogens is 1. The lowest BCUT2D eigenvalue weighted by Crippen LogP contribution is -2.55. The summed E-state index contributed by atoms with van der Waals surface area (Å²) in [5.41, 5.74) is -0.989. The highest BCUT2D eigenvalue weighted by Gasteiger charge is 2.35. The van der Waals surface area contributed by atoms with E-state index >= 15 is 0 Å². The second-order valence-electron chi connectivity index (χ2n) is 3.82. The van der Waals surface area contributed by atoms with Gasteiger partial charge < -0.3 is 5.11 Å². The molecule has 1 rings (SSSR count). The highest BCUT2D eigenvalue weighted by molar-refractivity contribution is 6.29. The molecular formula is C8H13FN4O2Si. The first kappa shape index (κ1) is 12.5. The van der Waals surface area contributed by atoms with Crippen LogP contribution < -0.4 is 16.3 Å². The van der Waals surface area contributed by atoms with E-state index in [4.69, 9.17) is 10.9 Å². The van der Waals surface area contributed by atoms with Gasteiger partial charge in [-0.05, 0) is 13.8 Å². The van der Waals surface area contributed by atoms with Crippen molar-refractivity contribution < 1.29 is 14.3 Å². The van der Waals surface area contributed by atoms with E-state index in [1.165, 1.54) is 13.8 Å². The van der Waals surface area contributed by atoms with E-state index in [9.17, 15) is 9.18 Å². The summed E-state index contributed by atoms with van der Waals surface area (Å²) in [4.78, 5) is 18.5. The number of hydrogen-bond donors (Lipinski definition) is 2. The smallest absolute Gasteiger partial charge is 0.330 e. The molecule has 1 aromatic heterocycles. The van der Waals surface area contributed by atoms with Gasteiger partial charge in [0.2, 0.25) is 0 Å². The average molecular weight is 244 g/mol. The Morgan fingerprint density at radius 2 is 2.25 bits per heavy atom. The maximum Gasteiger partial charge on any atom is 0.330 e. The largest absolute Gasteiger partial charge is 0.479 e. The maximum absolute atomic E-state index is 13.4. The lowest BCUT2D eigenvalue weighted by Gasteiger charge is -2.31. The Morgan fingerprint density at radius 3 is 2.75 bits per heavy atom. The van der Waals surface area contributed by atoms with Gasteiger partial charge in [0, 0.05) is 0 Å². The fourth-order valence-corrected chi connectivity index (χ4v) is 1.32. The number of carboxylic acids is 1. The van der Waals surface area contributed by atoms with Gasteiger partial charge in [0.15, 0.2) is 11.6 Å². The molecule has 88 valence electrons. The number of hydrazine groups is 1. The lowest BCUT2D eigenvalue weighted by atomic mass is 10.1. The van der Waals surface area contributed by atoms with Crippen molar-refractivity contribution in [2.24, 2.45) is 5.84 Å². The Labute approximate surface area is 94.7 Å². The molecule has 0 bridgehead atoms. The summed E-state index contributed by atoms with van der Waals surface area (Å²) in [6.45, 7) is 2.73. The van der Waals surface area contributed by atoms with Crippen LogP contribution in [0.1, 0.15) is 13.8 Å². The minimum atomic E-state index is -1.44. The third-order valence-electron chi connectivity index (χ3n) is 2.20. The fourth-order valence-electron chi connectivity index (χ4n) is 0.980. The van der Waals surface area contributed by atoms with Gasteiger partial charge in [-0.25, -0.2) is 25.0 Å². The Bertz CT molecular complexity index is 426. The molecule has 1 heterocycles. The lowest BCUT2D eigenvalue weighted by molar-refractivity contribution is -0.142. The molecule has 0 atom stereocenters. The first-order valence-corrected chi connectivity index (χ1v) is 5.54. The van der Waals surface area contributed by atoms with Crippen LogP contribution in [0.25, 0.3) is 0 Å². The summed E-state index contributed by atoms with van der Waals surface area (Å²) in [5, 5.41) is 9.75. The zero-order valence-electron chi connectivity index (χ0n) is 9.23.